The van der Waals surface area contributed by atoms with Crippen LogP contribution in [0.1, 0.15) is 67.8 Å². The van der Waals surface area contributed by atoms with Gasteiger partial charge >= 0.3 is 0 Å². The van der Waals surface area contributed by atoms with Crippen molar-refractivity contribution >= 4 is 57.1 Å². The van der Waals surface area contributed by atoms with Crippen molar-refractivity contribution in [2.24, 2.45) is 5.92 Å². The van der Waals surface area contributed by atoms with Gasteiger partial charge in [-0.3, -0.25) is 13.9 Å². The highest BCUT2D eigenvalue weighted by Crippen LogP contribution is 2.36. The van der Waals surface area contributed by atoms with E-state index in [4.69, 9.17) is 5.10 Å². The summed E-state index contributed by atoms with van der Waals surface area (Å²) in [5.74, 6) is 1.84. The van der Waals surface area contributed by atoms with Crippen molar-refractivity contribution in [1.82, 2.24) is 34.6 Å². The lowest BCUT2D eigenvalue weighted by atomic mass is 9.94. The third kappa shape index (κ3) is 7.42. The molecule has 0 atom stereocenters. The second-order valence-electron chi connectivity index (χ2n) is 15.8. The molecule has 16 heteroatoms. The van der Waals surface area contributed by atoms with Crippen molar-refractivity contribution in [3.63, 3.8) is 0 Å². The van der Waals surface area contributed by atoms with Gasteiger partial charge in [0.25, 0.3) is 5.91 Å². The molecule has 7 heterocycles. The molecule has 4 saturated heterocycles. The molecule has 5 aromatic rings. The second-order valence-corrected chi connectivity index (χ2v) is 15.8. The van der Waals surface area contributed by atoms with Crippen LogP contribution in [-0.2, 0) is 9.59 Å². The number of carbonyl (C=O) groups excluding carboxylic acids is 3. The highest BCUT2D eigenvalue weighted by molar-refractivity contribution is 6.10. The van der Waals surface area contributed by atoms with Crippen LogP contribution in [0.3, 0.4) is 0 Å². The molecule has 2 N–H and O–H groups in total. The number of hydrogen-bond donors (Lipinski definition) is 2. The molecule has 0 aliphatic carbocycles. The Morgan fingerprint density at radius 3 is 2.41 bits per heavy atom. The normalized spacial score (nSPS) is 18.8. The zero-order valence-corrected chi connectivity index (χ0v) is 32.2. The summed E-state index contributed by atoms with van der Waals surface area (Å²) in [5, 5.41) is 20.0. The largest absolute Gasteiger partial charge is 0.371 e. The number of hydrogen-bond acceptors (Lipinski definition) is 11. The van der Waals surface area contributed by atoms with E-state index < -0.39 is 11.6 Å². The Morgan fingerprint density at radius 2 is 1.67 bits per heavy atom. The van der Waals surface area contributed by atoms with Crippen LogP contribution in [0.15, 0.2) is 66.6 Å². The fraction of sp³-hybridized carbons (Fsp3) is 0.429. The Balaban J connectivity index is 0.820. The molecule has 0 unspecified atom stereocenters. The Labute approximate surface area is 333 Å². The minimum Gasteiger partial charge on any atom is -0.371 e. The topological polar surface area (TPSA) is 136 Å². The Bertz CT molecular complexity index is 2430. The lowest BCUT2D eigenvalue weighted by molar-refractivity contribution is 0.102. The molecule has 58 heavy (non-hydrogen) atoms. The molecule has 4 aliphatic rings. The molecule has 300 valence electrons. The summed E-state index contributed by atoms with van der Waals surface area (Å²) in [4.78, 5) is 44.2. The molecule has 3 aromatic heterocycles. The van der Waals surface area contributed by atoms with Crippen molar-refractivity contribution in [2.45, 2.75) is 57.4 Å². The summed E-state index contributed by atoms with van der Waals surface area (Å²) in [6.07, 6.45) is 12.9. The number of halogens is 2. The number of amides is 1. The van der Waals surface area contributed by atoms with Gasteiger partial charge in [-0.15, -0.1) is 10.2 Å². The van der Waals surface area contributed by atoms with E-state index in [1.54, 1.807) is 28.7 Å². The van der Waals surface area contributed by atoms with Crippen LogP contribution < -0.4 is 25.3 Å². The molecule has 0 bridgehead atoms. The molecule has 0 spiro atoms. The Hall–Kier alpha value is -6.08. The van der Waals surface area contributed by atoms with Crippen molar-refractivity contribution < 1.29 is 23.2 Å². The van der Waals surface area contributed by atoms with Crippen LogP contribution in [0.4, 0.5) is 31.5 Å². The fourth-order valence-corrected chi connectivity index (χ4v) is 9.07. The Morgan fingerprint density at radius 1 is 0.897 bits per heavy atom. The number of pyridine rings is 1. The predicted molar refractivity (Wildman–Crippen MR) is 216 cm³/mol. The highest BCUT2D eigenvalue weighted by atomic mass is 19.1. The first-order valence-electron chi connectivity index (χ1n) is 20.2. The maximum atomic E-state index is 15.4. The molecule has 2 aromatic carbocycles. The van der Waals surface area contributed by atoms with Crippen molar-refractivity contribution in [2.75, 3.05) is 72.4 Å². The molecular formula is C42H45F2N11O3. The summed E-state index contributed by atoms with van der Waals surface area (Å²) in [6, 6.07) is 10.7. The van der Waals surface area contributed by atoms with Gasteiger partial charge in [0.15, 0.2) is 29.0 Å². The lowest BCUT2D eigenvalue weighted by Crippen LogP contribution is -2.42. The van der Waals surface area contributed by atoms with Gasteiger partial charge in [0, 0.05) is 82.2 Å². The third-order valence-electron chi connectivity index (χ3n) is 12.2. The number of fused-ring (bicyclic) bond motifs is 2. The van der Waals surface area contributed by atoms with E-state index in [-0.39, 0.29) is 42.1 Å². The van der Waals surface area contributed by atoms with Gasteiger partial charge in [-0.2, -0.15) is 5.10 Å². The van der Waals surface area contributed by atoms with Crippen molar-refractivity contribution in [1.29, 1.82) is 0 Å². The fourth-order valence-electron chi connectivity index (χ4n) is 9.07. The monoisotopic (exact) mass is 789 g/mol. The van der Waals surface area contributed by atoms with Gasteiger partial charge in [0.1, 0.15) is 23.7 Å². The minimum absolute atomic E-state index is 0.0584. The van der Waals surface area contributed by atoms with E-state index in [0.717, 1.165) is 93.5 Å². The molecule has 4 fully saturated rings. The van der Waals surface area contributed by atoms with Gasteiger partial charge in [0.05, 0.1) is 28.5 Å². The molecule has 0 radical (unpaired) electrons. The predicted octanol–water partition coefficient (Wildman–Crippen LogP) is 5.34. The van der Waals surface area contributed by atoms with Gasteiger partial charge in [0.2, 0.25) is 0 Å². The zero-order valence-electron chi connectivity index (χ0n) is 32.2. The number of nitrogens with zero attached hydrogens (tertiary/aromatic N) is 9. The molecule has 0 saturated carbocycles. The first kappa shape index (κ1) is 37.5. The number of anilines is 4. The standard InChI is InChI=1S/C42H45F2N11O3/c43-34-20-32(21-35(44)40(34)54-18-8-30(25-56)46-39(54)26-57)51-16-6-28(7-17-51)23-50-14-9-31(10-15-50)55-24-29-19-37(38(22-36(29)49-55)52-11-2-1-3-12-52)47-42(58)33-5-4-13-53-27-45-48-41(33)53/h4-5,13,19-22,24,27-28,31,46H,1-3,6-12,14-18,23H2,(H,47,58). The summed E-state index contributed by atoms with van der Waals surface area (Å²) >= 11 is 0. The first-order valence-corrected chi connectivity index (χ1v) is 20.2. The quantitative estimate of drug-likeness (QED) is 0.197. The summed E-state index contributed by atoms with van der Waals surface area (Å²) in [7, 11) is 0. The molecule has 1 amide bonds. The van der Waals surface area contributed by atoms with Gasteiger partial charge in [-0.25, -0.2) is 18.4 Å². The zero-order chi connectivity index (χ0) is 39.8. The minimum atomic E-state index is -0.773. The van der Waals surface area contributed by atoms with Crippen LogP contribution in [0, 0.1) is 17.6 Å². The van der Waals surface area contributed by atoms with E-state index in [1.807, 2.05) is 17.2 Å². The van der Waals surface area contributed by atoms with E-state index in [0.29, 0.717) is 35.9 Å². The SMILES string of the molecule is O=C=C1CCN(c2c(F)cc(N3CCC(CN4CCC(n5cc6cc(NC(=O)c7cccn8cnnc78)c(N7CCCCC7)cc6n5)CC4)CC3)cc2F)C(=C=O)N1. The number of piperidine rings is 3. The van der Waals surface area contributed by atoms with Crippen LogP contribution in [0.5, 0.6) is 0 Å². The van der Waals surface area contributed by atoms with Crippen molar-refractivity contribution in [3.8, 4) is 0 Å². The van der Waals surface area contributed by atoms with E-state index >= 15 is 8.78 Å². The maximum Gasteiger partial charge on any atom is 0.259 e. The van der Waals surface area contributed by atoms with E-state index in [1.165, 1.54) is 23.5 Å². The average Bonchev–Trinajstić information content (AvgIpc) is 3.91. The lowest BCUT2D eigenvalue weighted by Gasteiger charge is -2.38. The second kappa shape index (κ2) is 16.0. The number of nitrogens with one attached hydrogen (secondary N) is 2. The number of benzene rings is 2. The smallest absolute Gasteiger partial charge is 0.259 e. The number of rotatable bonds is 8. The summed E-state index contributed by atoms with van der Waals surface area (Å²) in [6.45, 7) is 6.20. The van der Waals surface area contributed by atoms with Gasteiger partial charge in [-0.05, 0) is 87.3 Å². The van der Waals surface area contributed by atoms with E-state index in [9.17, 15) is 14.4 Å². The molecule has 14 nitrogen and oxygen atoms in total. The number of carbonyl (C=O) groups is 1. The van der Waals surface area contributed by atoms with Crippen LogP contribution in [0.25, 0.3) is 16.6 Å². The third-order valence-corrected chi connectivity index (χ3v) is 12.2. The van der Waals surface area contributed by atoms with Crippen molar-refractivity contribution in [3.05, 3.63) is 83.8 Å². The van der Waals surface area contributed by atoms with Gasteiger partial charge < -0.3 is 30.2 Å². The van der Waals surface area contributed by atoms with Gasteiger partial charge in [-0.1, -0.05) is 0 Å². The van der Waals surface area contributed by atoms with Crippen LogP contribution in [-0.4, -0.2) is 99.4 Å². The number of aromatic nitrogens is 5. The summed E-state index contributed by atoms with van der Waals surface area (Å²) < 4.78 is 34.6. The molecule has 9 rings (SSSR count). The van der Waals surface area contributed by atoms with Crippen LogP contribution >= 0.6 is 0 Å². The summed E-state index contributed by atoms with van der Waals surface area (Å²) in [5.41, 5.74) is 3.92. The highest BCUT2D eigenvalue weighted by Gasteiger charge is 2.30. The number of likely N-dealkylation sites (tertiary alicyclic amines) is 1. The maximum absolute atomic E-state index is 15.4. The first-order chi connectivity index (χ1) is 28.3. The van der Waals surface area contributed by atoms with E-state index in [2.05, 4.69) is 53.6 Å². The molecule has 4 aliphatic heterocycles. The Kier molecular flexibility index (Phi) is 10.4. The average molecular weight is 790 g/mol. The molecular weight excluding hydrogens is 745 g/mol. The van der Waals surface area contributed by atoms with Crippen LogP contribution in [0.2, 0.25) is 0 Å².